The molecule has 0 bridgehead atoms. The number of benzene rings is 1. The van der Waals surface area contributed by atoms with E-state index in [9.17, 15) is 9.90 Å². The standard InChI is InChI=1S/C19H30N2O7/c1-20-19(21(2)7-6-18(23)24)16-5-4-15(14-17(16)22)28-13-12-27-11-10-26-9-8-25-3/h4-5,14,22H,6-13H2,1-3H3,(H,23,24). The molecule has 0 heterocycles. The molecule has 0 unspecified atom stereocenters. The normalized spacial score (nSPS) is 11.5. The number of carbonyl (C=O) groups is 1. The van der Waals surface area contributed by atoms with E-state index >= 15 is 0 Å². The summed E-state index contributed by atoms with van der Waals surface area (Å²) in [6.45, 7) is 3.08. The van der Waals surface area contributed by atoms with Crippen molar-refractivity contribution >= 4 is 11.8 Å². The van der Waals surface area contributed by atoms with Crippen LogP contribution >= 0.6 is 0 Å². The van der Waals surface area contributed by atoms with E-state index in [1.807, 2.05) is 0 Å². The Bertz CT molecular complexity index is 622. The maximum atomic E-state index is 10.7. The lowest BCUT2D eigenvalue weighted by molar-refractivity contribution is -0.137. The number of ether oxygens (including phenoxy) is 4. The third kappa shape index (κ3) is 9.03. The average molecular weight is 398 g/mol. The minimum atomic E-state index is -0.890. The monoisotopic (exact) mass is 398 g/mol. The Balaban J connectivity index is 2.43. The van der Waals surface area contributed by atoms with Gasteiger partial charge in [0.25, 0.3) is 0 Å². The molecule has 0 aliphatic carbocycles. The second-order valence-electron chi connectivity index (χ2n) is 5.86. The molecule has 158 valence electrons. The number of amidine groups is 1. The van der Waals surface area contributed by atoms with E-state index in [0.717, 1.165) is 0 Å². The molecule has 0 aromatic heterocycles. The average Bonchev–Trinajstić information content (AvgIpc) is 2.67. The molecule has 0 spiro atoms. The number of methoxy groups -OCH3 is 1. The van der Waals surface area contributed by atoms with Gasteiger partial charge in [-0.1, -0.05) is 0 Å². The molecule has 1 aromatic carbocycles. The third-order valence-electron chi connectivity index (χ3n) is 3.74. The van der Waals surface area contributed by atoms with Gasteiger partial charge in [0.2, 0.25) is 0 Å². The van der Waals surface area contributed by atoms with Gasteiger partial charge in [0.15, 0.2) is 0 Å². The van der Waals surface area contributed by atoms with Crippen molar-refractivity contribution in [3.63, 3.8) is 0 Å². The van der Waals surface area contributed by atoms with Crippen LogP contribution in [0.5, 0.6) is 11.5 Å². The highest BCUT2D eigenvalue weighted by Crippen LogP contribution is 2.25. The molecule has 0 radical (unpaired) electrons. The van der Waals surface area contributed by atoms with Gasteiger partial charge in [-0.25, -0.2) is 0 Å². The lowest BCUT2D eigenvalue weighted by Crippen LogP contribution is -2.30. The van der Waals surface area contributed by atoms with Crippen LogP contribution in [-0.4, -0.2) is 94.3 Å². The number of rotatable bonds is 14. The van der Waals surface area contributed by atoms with Gasteiger partial charge in [-0.2, -0.15) is 0 Å². The molecule has 9 nitrogen and oxygen atoms in total. The molecular weight excluding hydrogens is 368 g/mol. The molecule has 0 atom stereocenters. The molecule has 0 saturated heterocycles. The largest absolute Gasteiger partial charge is 0.507 e. The second-order valence-corrected chi connectivity index (χ2v) is 5.86. The first-order valence-electron chi connectivity index (χ1n) is 9.00. The van der Waals surface area contributed by atoms with Crippen molar-refractivity contribution in [2.75, 3.05) is 67.4 Å². The number of phenols is 1. The molecule has 28 heavy (non-hydrogen) atoms. The predicted octanol–water partition coefficient (Wildman–Crippen LogP) is 1.23. The van der Waals surface area contributed by atoms with E-state index in [1.54, 1.807) is 38.2 Å². The zero-order chi connectivity index (χ0) is 20.8. The lowest BCUT2D eigenvalue weighted by Gasteiger charge is -2.21. The Hall–Kier alpha value is -2.36. The highest BCUT2D eigenvalue weighted by Gasteiger charge is 2.15. The van der Waals surface area contributed by atoms with Crippen LogP contribution in [0.1, 0.15) is 12.0 Å². The van der Waals surface area contributed by atoms with Crippen molar-refractivity contribution in [2.45, 2.75) is 6.42 Å². The molecular formula is C19H30N2O7. The van der Waals surface area contributed by atoms with Gasteiger partial charge < -0.3 is 34.1 Å². The zero-order valence-electron chi connectivity index (χ0n) is 16.7. The number of carboxylic acid groups (broad SMARTS) is 1. The molecule has 1 rings (SSSR count). The lowest BCUT2D eigenvalue weighted by atomic mass is 10.1. The predicted molar refractivity (Wildman–Crippen MR) is 104 cm³/mol. The van der Waals surface area contributed by atoms with Crippen molar-refractivity contribution in [1.82, 2.24) is 4.90 Å². The number of carboxylic acids is 1. The van der Waals surface area contributed by atoms with Crippen LogP contribution in [0.25, 0.3) is 0 Å². The van der Waals surface area contributed by atoms with E-state index < -0.39 is 5.97 Å². The Kier molecular flexibility index (Phi) is 11.6. The first-order valence-corrected chi connectivity index (χ1v) is 9.00. The van der Waals surface area contributed by atoms with Gasteiger partial charge in [-0.15, -0.1) is 0 Å². The Morgan fingerprint density at radius 2 is 1.75 bits per heavy atom. The summed E-state index contributed by atoms with van der Waals surface area (Å²) in [5.41, 5.74) is 0.507. The van der Waals surface area contributed by atoms with Crippen LogP contribution < -0.4 is 4.74 Å². The summed E-state index contributed by atoms with van der Waals surface area (Å²) in [4.78, 5) is 16.6. The molecule has 0 saturated carbocycles. The summed E-state index contributed by atoms with van der Waals surface area (Å²) in [7, 11) is 4.94. The van der Waals surface area contributed by atoms with Crippen molar-refractivity contribution in [2.24, 2.45) is 4.99 Å². The fourth-order valence-corrected chi connectivity index (χ4v) is 2.34. The van der Waals surface area contributed by atoms with Gasteiger partial charge in [0.1, 0.15) is 23.9 Å². The Morgan fingerprint density at radius 3 is 2.32 bits per heavy atom. The number of aromatic hydroxyl groups is 1. The number of aliphatic carboxylic acids is 1. The Labute approximate surface area is 165 Å². The van der Waals surface area contributed by atoms with E-state index in [0.29, 0.717) is 56.8 Å². The van der Waals surface area contributed by atoms with Gasteiger partial charge in [-0.3, -0.25) is 9.79 Å². The van der Waals surface area contributed by atoms with Crippen molar-refractivity contribution in [3.8, 4) is 11.5 Å². The van der Waals surface area contributed by atoms with Crippen molar-refractivity contribution in [3.05, 3.63) is 23.8 Å². The van der Waals surface area contributed by atoms with E-state index in [-0.39, 0.29) is 18.7 Å². The fraction of sp³-hybridized carbons (Fsp3) is 0.579. The minimum Gasteiger partial charge on any atom is -0.507 e. The first kappa shape index (κ1) is 23.7. The third-order valence-corrected chi connectivity index (χ3v) is 3.74. The maximum absolute atomic E-state index is 10.7. The van der Waals surface area contributed by atoms with Crippen LogP contribution in [-0.2, 0) is 19.0 Å². The van der Waals surface area contributed by atoms with E-state index in [4.69, 9.17) is 24.1 Å². The highest BCUT2D eigenvalue weighted by molar-refractivity contribution is 6.01. The molecule has 0 aliphatic heterocycles. The van der Waals surface area contributed by atoms with Crippen LogP contribution in [0, 0.1) is 0 Å². The van der Waals surface area contributed by atoms with E-state index in [1.165, 1.54) is 6.07 Å². The van der Waals surface area contributed by atoms with Crippen molar-refractivity contribution in [1.29, 1.82) is 0 Å². The summed E-state index contributed by atoms with van der Waals surface area (Å²) >= 11 is 0. The summed E-state index contributed by atoms with van der Waals surface area (Å²) in [6.07, 6.45) is -0.0190. The summed E-state index contributed by atoms with van der Waals surface area (Å²) in [5, 5.41) is 19.1. The number of nitrogens with zero attached hydrogens (tertiary/aromatic N) is 2. The van der Waals surface area contributed by atoms with Crippen LogP contribution in [0.3, 0.4) is 0 Å². The minimum absolute atomic E-state index is 0.00716. The van der Waals surface area contributed by atoms with Crippen LogP contribution in [0.4, 0.5) is 0 Å². The van der Waals surface area contributed by atoms with Gasteiger partial charge in [0.05, 0.1) is 45.0 Å². The first-order chi connectivity index (χ1) is 13.5. The number of phenolic OH excluding ortho intramolecular Hbond substituents is 1. The van der Waals surface area contributed by atoms with Crippen LogP contribution in [0.2, 0.25) is 0 Å². The molecule has 2 N–H and O–H groups in total. The fourth-order valence-electron chi connectivity index (χ4n) is 2.34. The van der Waals surface area contributed by atoms with Gasteiger partial charge in [0, 0.05) is 33.8 Å². The van der Waals surface area contributed by atoms with E-state index in [2.05, 4.69) is 4.99 Å². The molecule has 0 aliphatic rings. The SMILES string of the molecule is CN=C(c1ccc(OCCOCCOCCOC)cc1O)N(C)CCC(=O)O. The smallest absolute Gasteiger partial charge is 0.305 e. The quantitative estimate of drug-likeness (QED) is 0.274. The summed E-state index contributed by atoms with van der Waals surface area (Å²) in [5.74, 6) is 0.124. The summed E-state index contributed by atoms with van der Waals surface area (Å²) < 4.78 is 21.1. The molecule has 0 amide bonds. The topological polar surface area (TPSA) is 110 Å². The Morgan fingerprint density at radius 1 is 1.11 bits per heavy atom. The highest BCUT2D eigenvalue weighted by atomic mass is 16.6. The molecule has 1 aromatic rings. The maximum Gasteiger partial charge on any atom is 0.305 e. The van der Waals surface area contributed by atoms with Crippen molar-refractivity contribution < 1.29 is 34.0 Å². The van der Waals surface area contributed by atoms with Gasteiger partial charge >= 0.3 is 5.97 Å². The van der Waals surface area contributed by atoms with Crippen LogP contribution in [0.15, 0.2) is 23.2 Å². The number of hydrogen-bond donors (Lipinski definition) is 2. The molecule has 9 heteroatoms. The molecule has 0 fully saturated rings. The summed E-state index contributed by atoms with van der Waals surface area (Å²) in [6, 6.07) is 4.91. The zero-order valence-corrected chi connectivity index (χ0v) is 16.7. The number of hydrogen-bond acceptors (Lipinski definition) is 7. The van der Waals surface area contributed by atoms with Gasteiger partial charge in [-0.05, 0) is 12.1 Å². The second kappa shape index (κ2) is 13.8. The number of aliphatic imine (C=N–C) groups is 1.